The summed E-state index contributed by atoms with van der Waals surface area (Å²) in [5.74, 6) is -4.11. The molecule has 0 aromatic heterocycles. The highest BCUT2D eigenvalue weighted by atomic mass is 19.1. The van der Waals surface area contributed by atoms with Crippen LogP contribution in [0.25, 0.3) is 0 Å². The van der Waals surface area contributed by atoms with E-state index in [0.29, 0.717) is 0 Å². The fraction of sp³-hybridized carbons (Fsp3) is 0.200. The number of methoxy groups -OCH3 is 1. The molecule has 0 aliphatic heterocycles. The van der Waals surface area contributed by atoms with E-state index in [9.17, 15) is 14.0 Å². The second-order valence-electron chi connectivity index (χ2n) is 2.85. The molecule has 4 nitrogen and oxygen atoms in total. The van der Waals surface area contributed by atoms with E-state index in [1.54, 1.807) is 0 Å². The molecule has 15 heavy (non-hydrogen) atoms. The number of carboxylic acids is 1. The first-order valence-electron chi connectivity index (χ1n) is 4.12. The number of aliphatic carboxylic acids is 1. The highest BCUT2D eigenvalue weighted by molar-refractivity contribution is 5.99. The number of benzene rings is 1. The fourth-order valence-corrected chi connectivity index (χ4v) is 1.15. The Morgan fingerprint density at radius 3 is 2.27 bits per heavy atom. The van der Waals surface area contributed by atoms with Gasteiger partial charge in [0.2, 0.25) is 0 Å². The number of esters is 1. The molecule has 0 saturated carbocycles. The van der Waals surface area contributed by atoms with Gasteiger partial charge in [0.15, 0.2) is 5.92 Å². The summed E-state index contributed by atoms with van der Waals surface area (Å²) in [5.41, 5.74) is 0.191. The average molecular weight is 212 g/mol. The van der Waals surface area contributed by atoms with Crippen LogP contribution >= 0.6 is 0 Å². The lowest BCUT2D eigenvalue weighted by molar-refractivity contribution is -0.152. The molecule has 0 heterocycles. The number of carboxylic acid groups (broad SMARTS) is 1. The van der Waals surface area contributed by atoms with Crippen molar-refractivity contribution in [3.63, 3.8) is 0 Å². The maximum absolute atomic E-state index is 12.6. The minimum atomic E-state index is -1.41. The monoisotopic (exact) mass is 212 g/mol. The molecular weight excluding hydrogens is 203 g/mol. The fourth-order valence-electron chi connectivity index (χ4n) is 1.15. The number of ether oxygens (including phenoxy) is 1. The molecule has 0 saturated heterocycles. The number of hydrogen-bond acceptors (Lipinski definition) is 3. The van der Waals surface area contributed by atoms with Crippen molar-refractivity contribution < 1.29 is 23.8 Å². The van der Waals surface area contributed by atoms with Crippen molar-refractivity contribution in [2.24, 2.45) is 0 Å². The van der Waals surface area contributed by atoms with Crippen molar-refractivity contribution in [3.05, 3.63) is 35.6 Å². The quantitative estimate of drug-likeness (QED) is 0.603. The van der Waals surface area contributed by atoms with Gasteiger partial charge in [0.1, 0.15) is 5.82 Å². The van der Waals surface area contributed by atoms with Crippen LogP contribution in [0.5, 0.6) is 0 Å². The summed E-state index contributed by atoms with van der Waals surface area (Å²) in [6.45, 7) is 0. The van der Waals surface area contributed by atoms with E-state index >= 15 is 0 Å². The predicted molar refractivity (Wildman–Crippen MR) is 48.8 cm³/mol. The molecule has 0 radical (unpaired) electrons. The molecule has 0 amide bonds. The van der Waals surface area contributed by atoms with Crippen molar-refractivity contribution in [1.82, 2.24) is 0 Å². The lowest BCUT2D eigenvalue weighted by Gasteiger charge is -2.09. The minimum Gasteiger partial charge on any atom is -0.480 e. The lowest BCUT2D eigenvalue weighted by Crippen LogP contribution is -2.22. The van der Waals surface area contributed by atoms with E-state index in [0.717, 1.165) is 19.2 Å². The minimum absolute atomic E-state index is 0.191. The van der Waals surface area contributed by atoms with E-state index in [1.165, 1.54) is 12.1 Å². The van der Waals surface area contributed by atoms with Gasteiger partial charge in [-0.2, -0.15) is 0 Å². The van der Waals surface area contributed by atoms with Gasteiger partial charge in [-0.1, -0.05) is 12.1 Å². The lowest BCUT2D eigenvalue weighted by atomic mass is 9.99. The third-order valence-electron chi connectivity index (χ3n) is 1.89. The molecular formula is C10H9FO4. The Bertz CT molecular complexity index is 372. The van der Waals surface area contributed by atoms with Crippen LogP contribution in [0, 0.1) is 5.82 Å². The van der Waals surface area contributed by atoms with Gasteiger partial charge in [0.25, 0.3) is 0 Å². The van der Waals surface area contributed by atoms with Crippen LogP contribution in [0.2, 0.25) is 0 Å². The number of carbonyl (C=O) groups excluding carboxylic acids is 1. The van der Waals surface area contributed by atoms with Gasteiger partial charge in [0.05, 0.1) is 7.11 Å². The zero-order valence-corrected chi connectivity index (χ0v) is 7.94. The van der Waals surface area contributed by atoms with Gasteiger partial charge >= 0.3 is 11.9 Å². The van der Waals surface area contributed by atoms with Crippen molar-refractivity contribution in [2.45, 2.75) is 5.92 Å². The largest absolute Gasteiger partial charge is 0.480 e. The number of hydrogen-bond donors (Lipinski definition) is 1. The number of carbonyl (C=O) groups is 2. The standard InChI is InChI=1S/C10H9FO4/c1-15-10(14)8(9(12)13)6-2-4-7(11)5-3-6/h2-5,8H,1H3,(H,12,13). The van der Waals surface area contributed by atoms with Crippen molar-refractivity contribution in [2.75, 3.05) is 7.11 Å². The first-order chi connectivity index (χ1) is 7.06. The molecule has 0 spiro atoms. The normalized spacial score (nSPS) is 11.9. The molecule has 0 fully saturated rings. The van der Waals surface area contributed by atoms with Crippen LogP contribution in [0.3, 0.4) is 0 Å². The molecule has 1 aromatic rings. The topological polar surface area (TPSA) is 63.6 Å². The highest BCUT2D eigenvalue weighted by Crippen LogP contribution is 2.18. The van der Waals surface area contributed by atoms with Crippen LogP contribution in [0.1, 0.15) is 11.5 Å². The van der Waals surface area contributed by atoms with Crippen LogP contribution in [0.4, 0.5) is 4.39 Å². The maximum atomic E-state index is 12.6. The molecule has 1 rings (SSSR count). The molecule has 0 aliphatic rings. The molecule has 5 heteroatoms. The molecule has 1 N–H and O–H groups in total. The summed E-state index contributed by atoms with van der Waals surface area (Å²) < 4.78 is 16.9. The van der Waals surface area contributed by atoms with Crippen LogP contribution in [0.15, 0.2) is 24.3 Å². The van der Waals surface area contributed by atoms with Gasteiger partial charge < -0.3 is 9.84 Å². The second-order valence-corrected chi connectivity index (χ2v) is 2.85. The SMILES string of the molecule is COC(=O)C(C(=O)O)c1ccc(F)cc1. The Labute approximate surface area is 85.3 Å². The van der Waals surface area contributed by atoms with Crippen LogP contribution in [-0.4, -0.2) is 24.2 Å². The Morgan fingerprint density at radius 2 is 1.87 bits per heavy atom. The smallest absolute Gasteiger partial charge is 0.324 e. The van der Waals surface area contributed by atoms with Crippen LogP contribution in [-0.2, 0) is 14.3 Å². The average Bonchev–Trinajstić information content (AvgIpc) is 2.20. The zero-order valence-electron chi connectivity index (χ0n) is 7.94. The van der Waals surface area contributed by atoms with Crippen molar-refractivity contribution in [3.8, 4) is 0 Å². The number of halogens is 1. The molecule has 0 aliphatic carbocycles. The highest BCUT2D eigenvalue weighted by Gasteiger charge is 2.28. The van der Waals surface area contributed by atoms with E-state index < -0.39 is 23.7 Å². The summed E-state index contributed by atoms with van der Waals surface area (Å²) in [5, 5.41) is 8.80. The summed E-state index contributed by atoms with van der Waals surface area (Å²) in [6, 6.07) is 4.67. The Morgan fingerprint density at radius 1 is 1.33 bits per heavy atom. The maximum Gasteiger partial charge on any atom is 0.324 e. The summed E-state index contributed by atoms with van der Waals surface area (Å²) in [7, 11) is 1.10. The molecule has 1 atom stereocenters. The van der Waals surface area contributed by atoms with E-state index in [1.807, 2.05) is 0 Å². The van der Waals surface area contributed by atoms with Gasteiger partial charge in [-0.15, -0.1) is 0 Å². The Balaban J connectivity index is 3.04. The Kier molecular flexibility index (Phi) is 3.38. The molecule has 1 unspecified atom stereocenters. The predicted octanol–water partition coefficient (Wildman–Crippen LogP) is 1.17. The van der Waals surface area contributed by atoms with Crippen molar-refractivity contribution in [1.29, 1.82) is 0 Å². The van der Waals surface area contributed by atoms with Gasteiger partial charge in [-0.25, -0.2) is 4.39 Å². The van der Waals surface area contributed by atoms with E-state index in [4.69, 9.17) is 5.11 Å². The zero-order chi connectivity index (χ0) is 11.4. The second kappa shape index (κ2) is 4.54. The molecule has 80 valence electrons. The van der Waals surface area contributed by atoms with E-state index in [-0.39, 0.29) is 5.56 Å². The van der Waals surface area contributed by atoms with Crippen molar-refractivity contribution >= 4 is 11.9 Å². The van der Waals surface area contributed by atoms with Crippen LogP contribution < -0.4 is 0 Å². The Hall–Kier alpha value is -1.91. The first kappa shape index (κ1) is 11.2. The van der Waals surface area contributed by atoms with Gasteiger partial charge in [-0.3, -0.25) is 9.59 Å². The summed E-state index contributed by atoms with van der Waals surface area (Å²) in [6.07, 6.45) is 0. The first-order valence-corrected chi connectivity index (χ1v) is 4.12. The molecule has 0 bridgehead atoms. The third-order valence-corrected chi connectivity index (χ3v) is 1.89. The van der Waals surface area contributed by atoms with Gasteiger partial charge in [-0.05, 0) is 17.7 Å². The third kappa shape index (κ3) is 2.52. The molecule has 1 aromatic carbocycles. The van der Waals surface area contributed by atoms with E-state index in [2.05, 4.69) is 4.74 Å². The summed E-state index contributed by atoms with van der Waals surface area (Å²) in [4.78, 5) is 21.9. The number of rotatable bonds is 3. The summed E-state index contributed by atoms with van der Waals surface area (Å²) >= 11 is 0. The van der Waals surface area contributed by atoms with Gasteiger partial charge in [0, 0.05) is 0 Å².